The maximum atomic E-state index is 14.6. The van der Waals surface area contributed by atoms with Gasteiger partial charge in [0.25, 0.3) is 6.43 Å². The first-order chi connectivity index (χ1) is 15.5. The zero-order valence-corrected chi connectivity index (χ0v) is 17.5. The molecule has 2 aromatic heterocycles. The minimum atomic E-state index is -4.75. The van der Waals surface area contributed by atoms with Crippen molar-refractivity contribution in [3.63, 3.8) is 0 Å². The first-order valence-corrected chi connectivity index (χ1v) is 9.98. The van der Waals surface area contributed by atoms with Crippen LogP contribution in [0.1, 0.15) is 41.9 Å². The van der Waals surface area contributed by atoms with Gasteiger partial charge in [0, 0.05) is 24.0 Å². The normalized spacial score (nSPS) is 15.8. The Kier molecular flexibility index (Phi) is 5.81. The van der Waals surface area contributed by atoms with E-state index < -0.39 is 41.8 Å². The highest BCUT2D eigenvalue weighted by atomic mass is 19.4. The molecule has 2 N–H and O–H groups in total. The van der Waals surface area contributed by atoms with Crippen molar-refractivity contribution >= 4 is 22.4 Å². The van der Waals surface area contributed by atoms with Gasteiger partial charge >= 0.3 is 6.18 Å². The topological polar surface area (TPSA) is 74.2 Å². The molecule has 176 valence electrons. The average Bonchev–Trinajstić information content (AvgIpc) is 2.72. The molecule has 12 heteroatoms. The molecule has 1 saturated heterocycles. The molecule has 1 fully saturated rings. The first kappa shape index (κ1) is 23.0. The molecular formula is C21H19F6N5O. The number of nitrogens with one attached hydrogen (secondary N) is 1. The fraction of sp³-hybridized carbons (Fsp3) is 0.381. The fourth-order valence-electron chi connectivity index (χ4n) is 3.75. The molecule has 3 aromatic rings. The van der Waals surface area contributed by atoms with Crippen molar-refractivity contribution in [3.8, 4) is 0 Å². The molecule has 3 heterocycles. The molecule has 33 heavy (non-hydrogen) atoms. The lowest BCUT2D eigenvalue weighted by Gasteiger charge is -2.39. The Morgan fingerprint density at radius 1 is 1.15 bits per heavy atom. The number of alkyl halides is 5. The molecule has 0 bridgehead atoms. The second-order valence-corrected chi connectivity index (χ2v) is 7.86. The summed E-state index contributed by atoms with van der Waals surface area (Å²) >= 11 is 0. The third-order valence-corrected chi connectivity index (χ3v) is 5.48. The molecule has 1 atom stereocenters. The molecule has 0 saturated carbocycles. The van der Waals surface area contributed by atoms with Crippen LogP contribution in [-0.2, 0) is 6.18 Å². The third-order valence-electron chi connectivity index (χ3n) is 5.48. The summed E-state index contributed by atoms with van der Waals surface area (Å²) in [5, 5.41) is 20.5. The zero-order chi connectivity index (χ0) is 24.1. The van der Waals surface area contributed by atoms with E-state index in [1.54, 1.807) is 0 Å². The van der Waals surface area contributed by atoms with Gasteiger partial charge in [-0.25, -0.2) is 18.2 Å². The molecule has 0 unspecified atom stereocenters. The van der Waals surface area contributed by atoms with Crippen molar-refractivity contribution in [2.45, 2.75) is 38.6 Å². The molecule has 1 aliphatic heterocycles. The number of anilines is 2. The zero-order valence-electron chi connectivity index (χ0n) is 17.5. The summed E-state index contributed by atoms with van der Waals surface area (Å²) < 4.78 is 81.8. The van der Waals surface area contributed by atoms with Gasteiger partial charge in [-0.3, -0.25) is 0 Å². The van der Waals surface area contributed by atoms with Gasteiger partial charge in [0.15, 0.2) is 11.5 Å². The molecule has 0 aliphatic carbocycles. The summed E-state index contributed by atoms with van der Waals surface area (Å²) in [6.45, 7) is 2.98. The average molecular weight is 471 g/mol. The van der Waals surface area contributed by atoms with Gasteiger partial charge in [-0.1, -0.05) is 18.2 Å². The number of hydrogen-bond donors (Lipinski definition) is 2. The van der Waals surface area contributed by atoms with Crippen molar-refractivity contribution in [2.75, 3.05) is 23.3 Å². The number of rotatable bonds is 5. The summed E-state index contributed by atoms with van der Waals surface area (Å²) in [6, 6.07) is 3.99. The molecule has 6 nitrogen and oxygen atoms in total. The minimum Gasteiger partial charge on any atom is -0.389 e. The van der Waals surface area contributed by atoms with Gasteiger partial charge in [-0.05, 0) is 19.9 Å². The molecule has 0 amide bonds. The number of β-amino-alcohol motifs (C(OH)–C–C–N with tert-alkyl or cyclic N) is 1. The highest BCUT2D eigenvalue weighted by molar-refractivity contribution is 5.93. The van der Waals surface area contributed by atoms with E-state index in [2.05, 4.69) is 20.5 Å². The Morgan fingerprint density at radius 2 is 1.82 bits per heavy atom. The molecule has 1 aliphatic rings. The van der Waals surface area contributed by atoms with Gasteiger partial charge in [0.2, 0.25) is 0 Å². The molecule has 0 radical (unpaired) electrons. The summed E-state index contributed by atoms with van der Waals surface area (Å²) in [5.41, 5.74) is -2.07. The van der Waals surface area contributed by atoms with Crippen LogP contribution in [0.5, 0.6) is 0 Å². The number of nitrogens with zero attached hydrogens (tertiary/aromatic N) is 4. The maximum Gasteiger partial charge on any atom is 0.435 e. The Balaban J connectivity index is 1.80. The van der Waals surface area contributed by atoms with Gasteiger partial charge < -0.3 is 15.3 Å². The van der Waals surface area contributed by atoms with Crippen LogP contribution in [0.2, 0.25) is 0 Å². The lowest BCUT2D eigenvalue weighted by Crippen LogP contribution is -2.51. The highest BCUT2D eigenvalue weighted by Gasteiger charge is 2.40. The Hall–Kier alpha value is -3.15. The standard InChI is InChI=1S/C21H19F6N5O/c1-9(12-4-3-5-13(16(12)22)19(23)24)28-20-14-6-15(32-7-11(33)8-32)18(21(25,26)27)29-17(14)10(2)30-31-20/h3-6,9,11,19,33H,7-8H2,1-2H3,(H,28,31)/t9-/m1/s1. The van der Waals surface area contributed by atoms with E-state index in [0.717, 1.165) is 6.07 Å². The quantitative estimate of drug-likeness (QED) is 0.522. The summed E-state index contributed by atoms with van der Waals surface area (Å²) in [4.78, 5) is 5.15. The highest BCUT2D eigenvalue weighted by Crippen LogP contribution is 2.40. The van der Waals surface area contributed by atoms with E-state index in [-0.39, 0.29) is 46.8 Å². The first-order valence-electron chi connectivity index (χ1n) is 9.98. The van der Waals surface area contributed by atoms with Crippen LogP contribution in [0.4, 0.5) is 37.8 Å². The third kappa shape index (κ3) is 4.26. The number of aromatic nitrogens is 3. The van der Waals surface area contributed by atoms with E-state index in [1.165, 1.54) is 36.9 Å². The lowest BCUT2D eigenvalue weighted by atomic mass is 10.0. The van der Waals surface area contributed by atoms with Crippen LogP contribution in [0, 0.1) is 12.7 Å². The number of aryl methyl sites for hydroxylation is 1. The summed E-state index contributed by atoms with van der Waals surface area (Å²) in [6.07, 6.45) is -8.50. The lowest BCUT2D eigenvalue weighted by molar-refractivity contribution is -0.140. The summed E-state index contributed by atoms with van der Waals surface area (Å²) in [7, 11) is 0. The molecule has 0 spiro atoms. The monoisotopic (exact) mass is 471 g/mol. The van der Waals surface area contributed by atoms with Crippen LogP contribution in [0.3, 0.4) is 0 Å². The Morgan fingerprint density at radius 3 is 2.42 bits per heavy atom. The summed E-state index contributed by atoms with van der Waals surface area (Å²) in [5.74, 6) is -1.06. The van der Waals surface area contributed by atoms with E-state index in [1.807, 2.05) is 0 Å². The van der Waals surface area contributed by atoms with Crippen molar-refractivity contribution in [1.82, 2.24) is 15.2 Å². The second-order valence-electron chi connectivity index (χ2n) is 7.86. The smallest absolute Gasteiger partial charge is 0.389 e. The number of benzene rings is 1. The van der Waals surface area contributed by atoms with Crippen molar-refractivity contribution in [1.29, 1.82) is 0 Å². The number of aliphatic hydroxyl groups is 1. The van der Waals surface area contributed by atoms with Gasteiger partial charge in [-0.15, -0.1) is 5.10 Å². The van der Waals surface area contributed by atoms with Crippen LogP contribution in [0.15, 0.2) is 24.3 Å². The number of pyridine rings is 1. The SMILES string of the molecule is Cc1nnc(N[C@H](C)c2cccc(C(F)F)c2F)c2cc(N3CC(O)C3)c(C(F)(F)F)nc12. The molecule has 4 rings (SSSR count). The second kappa shape index (κ2) is 8.32. The van der Waals surface area contributed by atoms with Gasteiger partial charge in [-0.2, -0.15) is 18.3 Å². The van der Waals surface area contributed by atoms with E-state index >= 15 is 0 Å². The predicted octanol–water partition coefficient (Wildman–Crippen LogP) is 4.78. The largest absolute Gasteiger partial charge is 0.435 e. The van der Waals surface area contributed by atoms with E-state index in [9.17, 15) is 31.4 Å². The van der Waals surface area contributed by atoms with Crippen LogP contribution < -0.4 is 10.2 Å². The number of fused-ring (bicyclic) bond motifs is 1. The number of hydrogen-bond acceptors (Lipinski definition) is 6. The predicted molar refractivity (Wildman–Crippen MR) is 109 cm³/mol. The number of halogens is 6. The minimum absolute atomic E-state index is 0.0125. The molecule has 1 aromatic carbocycles. The maximum absolute atomic E-state index is 14.6. The van der Waals surface area contributed by atoms with E-state index in [4.69, 9.17) is 0 Å². The van der Waals surface area contributed by atoms with Gasteiger partial charge in [0.05, 0.1) is 34.6 Å². The van der Waals surface area contributed by atoms with Gasteiger partial charge in [0.1, 0.15) is 5.82 Å². The van der Waals surface area contributed by atoms with Crippen molar-refractivity contribution < 1.29 is 31.4 Å². The Bertz CT molecular complexity index is 1200. The molecular weight excluding hydrogens is 452 g/mol. The van der Waals surface area contributed by atoms with E-state index in [0.29, 0.717) is 0 Å². The Labute approximate surface area is 184 Å². The van der Waals surface area contributed by atoms with Crippen molar-refractivity contribution in [2.24, 2.45) is 0 Å². The van der Waals surface area contributed by atoms with Crippen LogP contribution in [0.25, 0.3) is 10.9 Å². The van der Waals surface area contributed by atoms with Crippen molar-refractivity contribution in [3.05, 3.63) is 52.6 Å². The van der Waals surface area contributed by atoms with Crippen LogP contribution in [-0.4, -0.2) is 39.5 Å². The van der Waals surface area contributed by atoms with Crippen LogP contribution >= 0.6 is 0 Å². The number of aliphatic hydroxyl groups excluding tert-OH is 1. The fourth-order valence-corrected chi connectivity index (χ4v) is 3.75.